The second-order valence-corrected chi connectivity index (χ2v) is 5.11. The van der Waals surface area contributed by atoms with E-state index in [9.17, 15) is 9.90 Å². The molecule has 3 rings (SSSR count). The highest BCUT2D eigenvalue weighted by Gasteiger charge is 2.22. The van der Waals surface area contributed by atoms with Crippen LogP contribution in [0.3, 0.4) is 0 Å². The van der Waals surface area contributed by atoms with Crippen LogP contribution in [0.15, 0.2) is 48.7 Å². The number of urea groups is 1. The van der Waals surface area contributed by atoms with E-state index in [0.29, 0.717) is 18.8 Å². The monoisotopic (exact) mass is 298 g/mol. The molecule has 0 unspecified atom stereocenters. The molecule has 1 fully saturated rings. The Balaban J connectivity index is 1.57. The Morgan fingerprint density at radius 1 is 1.05 bits per heavy atom. The first-order chi connectivity index (χ1) is 10.7. The molecule has 22 heavy (non-hydrogen) atoms. The number of anilines is 2. The Kier molecular flexibility index (Phi) is 4.09. The van der Waals surface area contributed by atoms with Crippen LogP contribution in [0.25, 0.3) is 0 Å². The fourth-order valence-electron chi connectivity index (χ4n) is 2.45. The SMILES string of the molecule is O=C(Nc1ccccc1O)N1CCN(c2ccccn2)CC1. The average Bonchev–Trinajstić information content (AvgIpc) is 2.58. The van der Waals surface area contributed by atoms with Gasteiger partial charge in [-0.15, -0.1) is 0 Å². The highest BCUT2D eigenvalue weighted by Crippen LogP contribution is 2.22. The van der Waals surface area contributed by atoms with Gasteiger partial charge in [-0.1, -0.05) is 18.2 Å². The summed E-state index contributed by atoms with van der Waals surface area (Å²) in [4.78, 5) is 20.5. The van der Waals surface area contributed by atoms with E-state index in [1.54, 1.807) is 35.4 Å². The van der Waals surface area contributed by atoms with Gasteiger partial charge in [0.15, 0.2) is 0 Å². The van der Waals surface area contributed by atoms with Crippen LogP contribution in [-0.2, 0) is 0 Å². The number of aromatic nitrogens is 1. The number of nitrogens with one attached hydrogen (secondary N) is 1. The quantitative estimate of drug-likeness (QED) is 0.834. The van der Waals surface area contributed by atoms with E-state index < -0.39 is 0 Å². The van der Waals surface area contributed by atoms with Crippen molar-refractivity contribution < 1.29 is 9.90 Å². The van der Waals surface area contributed by atoms with Crippen LogP contribution in [0.4, 0.5) is 16.3 Å². The van der Waals surface area contributed by atoms with Crippen molar-refractivity contribution in [2.45, 2.75) is 0 Å². The number of piperazine rings is 1. The zero-order valence-corrected chi connectivity index (χ0v) is 12.1. The largest absolute Gasteiger partial charge is 0.506 e. The van der Waals surface area contributed by atoms with Crippen molar-refractivity contribution in [3.8, 4) is 5.75 Å². The summed E-state index contributed by atoms with van der Waals surface area (Å²) in [6, 6.07) is 12.3. The summed E-state index contributed by atoms with van der Waals surface area (Å²) in [6.45, 7) is 2.72. The molecule has 0 saturated carbocycles. The Morgan fingerprint density at radius 2 is 1.77 bits per heavy atom. The van der Waals surface area contributed by atoms with Gasteiger partial charge in [-0.2, -0.15) is 0 Å². The van der Waals surface area contributed by atoms with Crippen LogP contribution >= 0.6 is 0 Å². The number of amides is 2. The van der Waals surface area contributed by atoms with Gasteiger partial charge in [0.2, 0.25) is 0 Å². The number of benzene rings is 1. The number of carbonyl (C=O) groups is 1. The lowest BCUT2D eigenvalue weighted by atomic mass is 10.3. The topological polar surface area (TPSA) is 68.7 Å². The van der Waals surface area contributed by atoms with Crippen molar-refractivity contribution in [2.75, 3.05) is 36.4 Å². The van der Waals surface area contributed by atoms with Gasteiger partial charge in [-0.3, -0.25) is 0 Å². The first-order valence-corrected chi connectivity index (χ1v) is 7.24. The first kappa shape index (κ1) is 14.2. The molecular weight excluding hydrogens is 280 g/mol. The number of rotatable bonds is 2. The van der Waals surface area contributed by atoms with Gasteiger partial charge in [-0.25, -0.2) is 9.78 Å². The van der Waals surface area contributed by atoms with E-state index in [0.717, 1.165) is 18.9 Å². The Morgan fingerprint density at radius 3 is 2.45 bits per heavy atom. The molecule has 114 valence electrons. The zero-order valence-electron chi connectivity index (χ0n) is 12.1. The summed E-state index contributed by atoms with van der Waals surface area (Å²) < 4.78 is 0. The van der Waals surface area contributed by atoms with Gasteiger partial charge in [-0.05, 0) is 24.3 Å². The fourth-order valence-corrected chi connectivity index (χ4v) is 2.45. The number of phenols is 1. The predicted octanol–water partition coefficient (Wildman–Crippen LogP) is 2.14. The molecule has 2 aromatic rings. The van der Waals surface area contributed by atoms with Crippen molar-refractivity contribution in [1.82, 2.24) is 9.88 Å². The van der Waals surface area contributed by atoms with Crippen molar-refractivity contribution in [3.05, 3.63) is 48.7 Å². The van der Waals surface area contributed by atoms with E-state index in [1.165, 1.54) is 0 Å². The molecule has 0 spiro atoms. The van der Waals surface area contributed by atoms with Gasteiger partial charge < -0.3 is 20.2 Å². The smallest absolute Gasteiger partial charge is 0.322 e. The molecular formula is C16H18N4O2. The Labute approximate surface area is 129 Å². The summed E-state index contributed by atoms with van der Waals surface area (Å²) in [7, 11) is 0. The zero-order chi connectivity index (χ0) is 15.4. The van der Waals surface area contributed by atoms with E-state index >= 15 is 0 Å². The lowest BCUT2D eigenvalue weighted by molar-refractivity contribution is 0.208. The van der Waals surface area contributed by atoms with E-state index in [1.807, 2.05) is 18.2 Å². The number of pyridine rings is 1. The van der Waals surface area contributed by atoms with Gasteiger partial charge in [0.1, 0.15) is 11.6 Å². The minimum Gasteiger partial charge on any atom is -0.506 e. The van der Waals surface area contributed by atoms with Gasteiger partial charge in [0, 0.05) is 32.4 Å². The normalized spacial score (nSPS) is 14.7. The van der Waals surface area contributed by atoms with E-state index in [4.69, 9.17) is 0 Å². The van der Waals surface area contributed by atoms with Crippen LogP contribution in [0.2, 0.25) is 0 Å². The molecule has 0 atom stereocenters. The molecule has 1 aliphatic heterocycles. The standard InChI is InChI=1S/C16H18N4O2/c21-14-6-2-1-5-13(14)18-16(22)20-11-9-19(10-12-20)15-7-3-4-8-17-15/h1-8,21H,9-12H2,(H,18,22). The summed E-state index contributed by atoms with van der Waals surface area (Å²) in [5.41, 5.74) is 0.430. The van der Waals surface area contributed by atoms with Crippen LogP contribution in [0.5, 0.6) is 5.75 Å². The molecule has 2 N–H and O–H groups in total. The molecule has 1 aromatic heterocycles. The predicted molar refractivity (Wildman–Crippen MR) is 85.1 cm³/mol. The molecule has 1 aliphatic rings. The Hall–Kier alpha value is -2.76. The average molecular weight is 298 g/mol. The maximum absolute atomic E-state index is 12.2. The Bertz CT molecular complexity index is 640. The van der Waals surface area contributed by atoms with Crippen molar-refractivity contribution in [2.24, 2.45) is 0 Å². The highest BCUT2D eigenvalue weighted by atomic mass is 16.3. The van der Waals surface area contributed by atoms with Gasteiger partial charge in [0.25, 0.3) is 0 Å². The van der Waals surface area contributed by atoms with Crippen molar-refractivity contribution >= 4 is 17.5 Å². The third kappa shape index (κ3) is 3.11. The molecule has 1 saturated heterocycles. The fraction of sp³-hybridized carbons (Fsp3) is 0.250. The summed E-state index contributed by atoms with van der Waals surface area (Å²) in [5, 5.41) is 12.4. The lowest BCUT2D eigenvalue weighted by Gasteiger charge is -2.35. The van der Waals surface area contributed by atoms with E-state index in [-0.39, 0.29) is 11.8 Å². The molecule has 6 heteroatoms. The number of aromatic hydroxyl groups is 1. The minimum atomic E-state index is -0.192. The third-order valence-corrected chi connectivity index (χ3v) is 3.69. The van der Waals surface area contributed by atoms with Crippen LogP contribution in [0.1, 0.15) is 0 Å². The van der Waals surface area contributed by atoms with Crippen LogP contribution in [-0.4, -0.2) is 47.2 Å². The molecule has 2 heterocycles. The lowest BCUT2D eigenvalue weighted by Crippen LogP contribution is -2.50. The number of hydrogen-bond donors (Lipinski definition) is 2. The number of hydrogen-bond acceptors (Lipinski definition) is 4. The van der Waals surface area contributed by atoms with Crippen molar-refractivity contribution in [3.63, 3.8) is 0 Å². The minimum absolute atomic E-state index is 0.0722. The second-order valence-electron chi connectivity index (χ2n) is 5.11. The van der Waals surface area contributed by atoms with Crippen molar-refractivity contribution in [1.29, 1.82) is 0 Å². The molecule has 0 radical (unpaired) electrons. The van der Waals surface area contributed by atoms with Crippen LogP contribution in [0, 0.1) is 0 Å². The number of nitrogens with zero attached hydrogens (tertiary/aromatic N) is 3. The molecule has 6 nitrogen and oxygen atoms in total. The maximum Gasteiger partial charge on any atom is 0.322 e. The molecule has 0 aliphatic carbocycles. The second kappa shape index (κ2) is 6.34. The number of para-hydroxylation sites is 2. The number of phenolic OH excluding ortho intramolecular Hbond substituents is 1. The summed E-state index contributed by atoms with van der Waals surface area (Å²) in [5.74, 6) is 1.01. The first-order valence-electron chi connectivity index (χ1n) is 7.24. The molecule has 2 amide bonds. The van der Waals surface area contributed by atoms with Crippen LogP contribution < -0.4 is 10.2 Å². The molecule has 1 aromatic carbocycles. The maximum atomic E-state index is 12.2. The molecule has 0 bridgehead atoms. The van der Waals surface area contributed by atoms with Gasteiger partial charge in [0.05, 0.1) is 5.69 Å². The summed E-state index contributed by atoms with van der Waals surface area (Å²) in [6.07, 6.45) is 1.77. The highest BCUT2D eigenvalue weighted by molar-refractivity contribution is 5.91. The van der Waals surface area contributed by atoms with Gasteiger partial charge >= 0.3 is 6.03 Å². The number of carbonyl (C=O) groups excluding carboxylic acids is 1. The summed E-state index contributed by atoms with van der Waals surface area (Å²) >= 11 is 0. The van der Waals surface area contributed by atoms with E-state index in [2.05, 4.69) is 15.2 Å². The third-order valence-electron chi connectivity index (χ3n) is 3.69.